The molecule has 0 saturated carbocycles. The number of furan rings is 1. The number of aromatic nitrogens is 3. The van der Waals surface area contributed by atoms with Gasteiger partial charge >= 0.3 is 0 Å². The van der Waals surface area contributed by atoms with Gasteiger partial charge in [0.15, 0.2) is 11.4 Å². The molecule has 0 spiro atoms. The molecule has 0 radical (unpaired) electrons. The van der Waals surface area contributed by atoms with Crippen LogP contribution in [0.5, 0.6) is 0 Å². The molecule has 0 aliphatic rings. The molecule has 4 rings (SSSR count). The zero-order chi connectivity index (χ0) is 13.4. The molecule has 0 bridgehead atoms. The number of fused-ring (bicyclic) bond motifs is 3. The minimum atomic E-state index is 0.618. The quantitative estimate of drug-likeness (QED) is 0.623. The van der Waals surface area contributed by atoms with Crippen molar-refractivity contribution in [2.24, 2.45) is 0 Å². The summed E-state index contributed by atoms with van der Waals surface area (Å²) < 4.78 is 5.85. The molecule has 3 aromatic heterocycles. The van der Waals surface area contributed by atoms with Crippen LogP contribution in [-0.4, -0.2) is 15.0 Å². The van der Waals surface area contributed by atoms with E-state index in [1.54, 1.807) is 17.7 Å². The topological polar surface area (TPSA) is 63.8 Å². The molecule has 0 fully saturated rings. The monoisotopic (exact) mass is 282 g/mol. The third-order valence-corrected chi connectivity index (χ3v) is 3.71. The molecule has 1 N–H and O–H groups in total. The Bertz CT molecular complexity index is 869. The van der Waals surface area contributed by atoms with E-state index >= 15 is 0 Å². The zero-order valence-corrected chi connectivity index (χ0v) is 11.2. The fourth-order valence-corrected chi connectivity index (χ4v) is 2.71. The van der Waals surface area contributed by atoms with Gasteiger partial charge < -0.3 is 9.73 Å². The molecule has 0 aliphatic carbocycles. The summed E-state index contributed by atoms with van der Waals surface area (Å²) >= 11 is 1.57. The highest BCUT2D eigenvalue weighted by molar-refractivity contribution is 7.07. The van der Waals surface area contributed by atoms with Crippen molar-refractivity contribution in [1.82, 2.24) is 15.0 Å². The summed E-state index contributed by atoms with van der Waals surface area (Å²) in [5, 5.41) is 6.26. The predicted molar refractivity (Wildman–Crippen MR) is 78.8 cm³/mol. The van der Waals surface area contributed by atoms with Gasteiger partial charge in [0.25, 0.3) is 0 Å². The van der Waals surface area contributed by atoms with E-state index in [0.717, 1.165) is 22.2 Å². The van der Waals surface area contributed by atoms with E-state index in [1.807, 2.05) is 35.2 Å². The van der Waals surface area contributed by atoms with E-state index in [4.69, 9.17) is 4.42 Å². The molecule has 0 aliphatic heterocycles. The van der Waals surface area contributed by atoms with Crippen molar-refractivity contribution in [3.05, 3.63) is 47.2 Å². The zero-order valence-electron chi connectivity index (χ0n) is 10.4. The minimum absolute atomic E-state index is 0.618. The molecule has 4 aromatic rings. The second kappa shape index (κ2) is 4.57. The van der Waals surface area contributed by atoms with Crippen LogP contribution in [0.1, 0.15) is 5.69 Å². The number of nitrogens with one attached hydrogen (secondary N) is 1. The summed E-state index contributed by atoms with van der Waals surface area (Å²) in [6.45, 7) is 0.618. The molecule has 0 amide bonds. The summed E-state index contributed by atoms with van der Waals surface area (Å²) in [6.07, 6.45) is 1.55. The Morgan fingerprint density at radius 1 is 1.15 bits per heavy atom. The van der Waals surface area contributed by atoms with Crippen LogP contribution in [0.25, 0.3) is 22.1 Å². The molecule has 0 saturated heterocycles. The van der Waals surface area contributed by atoms with Crippen LogP contribution < -0.4 is 5.32 Å². The first kappa shape index (κ1) is 11.4. The molecule has 1 aromatic carbocycles. The summed E-state index contributed by atoms with van der Waals surface area (Å²) in [7, 11) is 0. The number of benzene rings is 1. The summed E-state index contributed by atoms with van der Waals surface area (Å²) in [5.41, 5.74) is 5.13. The van der Waals surface area contributed by atoms with E-state index in [9.17, 15) is 0 Å². The van der Waals surface area contributed by atoms with E-state index < -0.39 is 0 Å². The number of para-hydroxylation sites is 1. The van der Waals surface area contributed by atoms with Gasteiger partial charge in [-0.3, -0.25) is 0 Å². The Kier molecular flexibility index (Phi) is 2.60. The van der Waals surface area contributed by atoms with Crippen LogP contribution in [0.3, 0.4) is 0 Å². The maximum atomic E-state index is 5.85. The lowest BCUT2D eigenvalue weighted by molar-refractivity contribution is 0.666. The second-order valence-electron chi connectivity index (χ2n) is 4.33. The fraction of sp³-hybridized carbons (Fsp3) is 0.0714. The third-order valence-electron chi connectivity index (χ3n) is 3.08. The highest BCUT2D eigenvalue weighted by atomic mass is 32.1. The molecule has 0 atom stereocenters. The lowest BCUT2D eigenvalue weighted by atomic mass is 10.2. The largest absolute Gasteiger partial charge is 0.450 e. The first-order valence-electron chi connectivity index (χ1n) is 6.15. The smallest absolute Gasteiger partial charge is 0.196 e. The summed E-state index contributed by atoms with van der Waals surface area (Å²) in [4.78, 5) is 12.8. The first-order chi connectivity index (χ1) is 9.92. The van der Waals surface area contributed by atoms with Crippen LogP contribution in [0.2, 0.25) is 0 Å². The number of hydrogen-bond acceptors (Lipinski definition) is 6. The van der Waals surface area contributed by atoms with Crippen LogP contribution in [0.4, 0.5) is 5.82 Å². The lowest BCUT2D eigenvalue weighted by Gasteiger charge is -2.02. The summed E-state index contributed by atoms with van der Waals surface area (Å²) in [6, 6.07) is 7.85. The SMILES string of the molecule is c1ccc2c(c1)oc1c(NCc3cscn3)ncnc12. The predicted octanol–water partition coefficient (Wildman–Crippen LogP) is 3.44. The molecule has 0 unspecified atom stereocenters. The van der Waals surface area contributed by atoms with E-state index in [0.29, 0.717) is 17.9 Å². The Hall–Kier alpha value is -2.47. The average Bonchev–Trinajstić information content (AvgIpc) is 3.12. The van der Waals surface area contributed by atoms with Gasteiger partial charge in [-0.25, -0.2) is 15.0 Å². The Morgan fingerprint density at radius 2 is 2.10 bits per heavy atom. The maximum absolute atomic E-state index is 5.85. The molecular formula is C14H10N4OS. The van der Waals surface area contributed by atoms with Gasteiger partial charge in [0.1, 0.15) is 17.4 Å². The molecular weight excluding hydrogens is 272 g/mol. The van der Waals surface area contributed by atoms with Gasteiger partial charge in [-0.05, 0) is 12.1 Å². The van der Waals surface area contributed by atoms with Gasteiger partial charge in [-0.15, -0.1) is 11.3 Å². The maximum Gasteiger partial charge on any atom is 0.196 e. The van der Waals surface area contributed by atoms with Crippen LogP contribution in [0, 0.1) is 0 Å². The van der Waals surface area contributed by atoms with Crippen molar-refractivity contribution >= 4 is 39.2 Å². The molecule has 5 nitrogen and oxygen atoms in total. The Balaban J connectivity index is 1.79. The normalized spacial score (nSPS) is 11.2. The van der Waals surface area contributed by atoms with Crippen molar-refractivity contribution < 1.29 is 4.42 Å². The van der Waals surface area contributed by atoms with E-state index in [1.165, 1.54) is 0 Å². The van der Waals surface area contributed by atoms with Gasteiger partial charge in [-0.1, -0.05) is 12.1 Å². The van der Waals surface area contributed by atoms with Gasteiger partial charge in [0, 0.05) is 10.8 Å². The van der Waals surface area contributed by atoms with Crippen LogP contribution in [0.15, 0.2) is 45.9 Å². The minimum Gasteiger partial charge on any atom is -0.450 e. The Morgan fingerprint density at radius 3 is 3.00 bits per heavy atom. The average molecular weight is 282 g/mol. The van der Waals surface area contributed by atoms with E-state index in [2.05, 4.69) is 20.3 Å². The molecule has 6 heteroatoms. The van der Waals surface area contributed by atoms with Gasteiger partial charge in [0.05, 0.1) is 17.7 Å². The van der Waals surface area contributed by atoms with Crippen LogP contribution >= 0.6 is 11.3 Å². The number of anilines is 1. The Labute approximate surface area is 118 Å². The van der Waals surface area contributed by atoms with Crippen molar-refractivity contribution in [2.75, 3.05) is 5.32 Å². The number of rotatable bonds is 3. The molecule has 20 heavy (non-hydrogen) atoms. The van der Waals surface area contributed by atoms with Gasteiger partial charge in [-0.2, -0.15) is 0 Å². The highest BCUT2D eigenvalue weighted by Gasteiger charge is 2.12. The van der Waals surface area contributed by atoms with Gasteiger partial charge in [0.2, 0.25) is 0 Å². The standard InChI is InChI=1S/C14H10N4OS/c1-2-4-11-10(3-1)12-13(19-11)14(17-7-16-12)15-5-9-6-20-8-18-9/h1-4,6-8H,5H2,(H,15,16,17). The van der Waals surface area contributed by atoms with Crippen molar-refractivity contribution in [1.29, 1.82) is 0 Å². The summed E-state index contributed by atoms with van der Waals surface area (Å²) in [5.74, 6) is 0.694. The third kappa shape index (κ3) is 1.81. The van der Waals surface area contributed by atoms with E-state index in [-0.39, 0.29) is 0 Å². The lowest BCUT2D eigenvalue weighted by Crippen LogP contribution is -2.02. The molecule has 3 heterocycles. The van der Waals surface area contributed by atoms with Crippen molar-refractivity contribution in [3.63, 3.8) is 0 Å². The van der Waals surface area contributed by atoms with Crippen molar-refractivity contribution in [3.8, 4) is 0 Å². The highest BCUT2D eigenvalue weighted by Crippen LogP contribution is 2.30. The fourth-order valence-electron chi connectivity index (χ4n) is 2.15. The number of hydrogen-bond donors (Lipinski definition) is 1. The second-order valence-corrected chi connectivity index (χ2v) is 5.05. The first-order valence-corrected chi connectivity index (χ1v) is 7.09. The van der Waals surface area contributed by atoms with Crippen LogP contribution in [-0.2, 0) is 6.54 Å². The molecule has 98 valence electrons. The van der Waals surface area contributed by atoms with Crippen molar-refractivity contribution in [2.45, 2.75) is 6.54 Å². The number of thiazole rings is 1. The number of nitrogens with zero attached hydrogens (tertiary/aromatic N) is 3.